The van der Waals surface area contributed by atoms with Crippen LogP contribution in [-0.2, 0) is 6.42 Å². The summed E-state index contributed by atoms with van der Waals surface area (Å²) in [7, 11) is 1.77. The van der Waals surface area contributed by atoms with Crippen LogP contribution >= 0.6 is 0 Å². The third-order valence-corrected chi connectivity index (χ3v) is 2.65. The molecule has 1 aromatic heterocycles. The first-order valence-corrected chi connectivity index (χ1v) is 5.54. The predicted molar refractivity (Wildman–Crippen MR) is 60.9 cm³/mol. The summed E-state index contributed by atoms with van der Waals surface area (Å²) in [6.07, 6.45) is 0.173. The molecule has 1 unspecified atom stereocenters. The first-order valence-electron chi connectivity index (χ1n) is 5.54. The van der Waals surface area contributed by atoms with Crippen molar-refractivity contribution in [2.75, 3.05) is 7.05 Å². The molecular weight excluding hydrogens is 240 g/mol. The zero-order chi connectivity index (χ0) is 13.1. The maximum Gasteiger partial charge on any atom is 0.243 e. The van der Waals surface area contributed by atoms with Gasteiger partial charge in [0.1, 0.15) is 11.6 Å². The van der Waals surface area contributed by atoms with Crippen LogP contribution in [0.2, 0.25) is 0 Å². The van der Waals surface area contributed by atoms with E-state index < -0.39 is 11.6 Å². The summed E-state index contributed by atoms with van der Waals surface area (Å²) in [6.45, 7) is 1.87. The molecule has 0 amide bonds. The topological polar surface area (TPSA) is 51.0 Å². The average molecular weight is 253 g/mol. The number of nitrogens with zero attached hydrogens (tertiary/aromatic N) is 2. The fourth-order valence-corrected chi connectivity index (χ4v) is 1.47. The van der Waals surface area contributed by atoms with Gasteiger partial charge in [0.05, 0.1) is 6.04 Å². The van der Waals surface area contributed by atoms with Gasteiger partial charge >= 0.3 is 0 Å². The van der Waals surface area contributed by atoms with E-state index in [1.807, 2.05) is 6.92 Å². The molecule has 0 aliphatic rings. The smallest absolute Gasteiger partial charge is 0.243 e. The Bertz CT molecular complexity index is 542. The molecule has 1 N–H and O–H groups in total. The average Bonchev–Trinajstić information content (AvgIpc) is 2.80. The first kappa shape index (κ1) is 12.6. The molecule has 18 heavy (non-hydrogen) atoms. The molecule has 0 bridgehead atoms. The van der Waals surface area contributed by atoms with E-state index in [1.54, 1.807) is 7.05 Å². The second-order valence-corrected chi connectivity index (χ2v) is 3.97. The zero-order valence-electron chi connectivity index (χ0n) is 10.1. The third kappa shape index (κ3) is 2.70. The third-order valence-electron chi connectivity index (χ3n) is 2.65. The first-order chi connectivity index (χ1) is 8.60. The van der Waals surface area contributed by atoms with Crippen molar-refractivity contribution in [2.24, 2.45) is 0 Å². The van der Waals surface area contributed by atoms with Crippen molar-refractivity contribution in [1.82, 2.24) is 15.5 Å². The highest BCUT2D eigenvalue weighted by molar-refractivity contribution is 5.21. The number of hydrogen-bond acceptors (Lipinski definition) is 4. The number of rotatable bonds is 4. The minimum Gasteiger partial charge on any atom is -0.338 e. The van der Waals surface area contributed by atoms with Crippen molar-refractivity contribution >= 4 is 0 Å². The van der Waals surface area contributed by atoms with Crippen molar-refractivity contribution in [1.29, 1.82) is 0 Å². The largest absolute Gasteiger partial charge is 0.338 e. The maximum absolute atomic E-state index is 13.4. The Morgan fingerprint density at radius 3 is 2.83 bits per heavy atom. The second-order valence-electron chi connectivity index (χ2n) is 3.97. The van der Waals surface area contributed by atoms with E-state index in [-0.39, 0.29) is 12.5 Å². The highest BCUT2D eigenvalue weighted by Crippen LogP contribution is 2.15. The lowest BCUT2D eigenvalue weighted by Gasteiger charge is -2.01. The number of benzene rings is 1. The second kappa shape index (κ2) is 5.22. The van der Waals surface area contributed by atoms with Gasteiger partial charge < -0.3 is 9.84 Å². The van der Waals surface area contributed by atoms with Crippen LogP contribution in [0.25, 0.3) is 0 Å². The number of hydrogen-bond donors (Lipinski definition) is 1. The van der Waals surface area contributed by atoms with E-state index in [2.05, 4.69) is 15.5 Å². The highest BCUT2D eigenvalue weighted by Gasteiger charge is 2.14. The van der Waals surface area contributed by atoms with Crippen LogP contribution in [0.5, 0.6) is 0 Å². The molecule has 0 saturated carbocycles. The summed E-state index contributed by atoms with van der Waals surface area (Å²) >= 11 is 0. The summed E-state index contributed by atoms with van der Waals surface area (Å²) in [5, 5.41) is 6.71. The fraction of sp³-hybridized carbons (Fsp3) is 0.333. The maximum atomic E-state index is 13.4. The Morgan fingerprint density at radius 1 is 1.39 bits per heavy atom. The Labute approximate surface area is 103 Å². The Balaban J connectivity index is 2.16. The van der Waals surface area contributed by atoms with Gasteiger partial charge in [-0.25, -0.2) is 8.78 Å². The molecule has 6 heteroatoms. The molecule has 1 heterocycles. The van der Waals surface area contributed by atoms with Crippen LogP contribution in [0, 0.1) is 11.6 Å². The fourth-order valence-electron chi connectivity index (χ4n) is 1.47. The molecule has 0 aliphatic carbocycles. The van der Waals surface area contributed by atoms with Gasteiger partial charge in [-0.15, -0.1) is 0 Å². The van der Waals surface area contributed by atoms with Gasteiger partial charge in [0.2, 0.25) is 5.89 Å². The summed E-state index contributed by atoms with van der Waals surface area (Å²) in [5.74, 6) is -0.399. The molecule has 0 radical (unpaired) electrons. The van der Waals surface area contributed by atoms with Gasteiger partial charge in [-0.1, -0.05) is 11.2 Å². The molecule has 0 aliphatic heterocycles. The molecule has 4 nitrogen and oxygen atoms in total. The molecule has 2 rings (SSSR count). The van der Waals surface area contributed by atoms with E-state index in [9.17, 15) is 8.78 Å². The van der Waals surface area contributed by atoms with E-state index in [0.29, 0.717) is 17.3 Å². The zero-order valence-corrected chi connectivity index (χ0v) is 10.1. The van der Waals surface area contributed by atoms with Gasteiger partial charge in [-0.2, -0.15) is 4.98 Å². The van der Waals surface area contributed by atoms with Crippen molar-refractivity contribution in [3.05, 3.63) is 47.1 Å². The number of halogens is 2. The van der Waals surface area contributed by atoms with Gasteiger partial charge in [0.15, 0.2) is 5.82 Å². The van der Waals surface area contributed by atoms with Crippen molar-refractivity contribution < 1.29 is 13.3 Å². The van der Waals surface area contributed by atoms with Crippen LogP contribution in [0.3, 0.4) is 0 Å². The van der Waals surface area contributed by atoms with Gasteiger partial charge in [-0.3, -0.25) is 0 Å². The van der Waals surface area contributed by atoms with Crippen LogP contribution in [0.4, 0.5) is 8.78 Å². The lowest BCUT2D eigenvalue weighted by atomic mass is 10.1. The van der Waals surface area contributed by atoms with Gasteiger partial charge in [0.25, 0.3) is 0 Å². The van der Waals surface area contributed by atoms with Crippen LogP contribution < -0.4 is 5.32 Å². The lowest BCUT2D eigenvalue weighted by Crippen LogP contribution is -2.12. The summed E-state index contributed by atoms with van der Waals surface area (Å²) < 4.78 is 31.2. The van der Waals surface area contributed by atoms with Crippen molar-refractivity contribution in [3.63, 3.8) is 0 Å². The Morgan fingerprint density at radius 2 is 2.17 bits per heavy atom. The number of nitrogens with one attached hydrogen (secondary N) is 1. The van der Waals surface area contributed by atoms with Gasteiger partial charge in [-0.05, 0) is 25.6 Å². The van der Waals surface area contributed by atoms with E-state index in [1.165, 1.54) is 12.1 Å². The molecule has 2 aromatic rings. The monoisotopic (exact) mass is 253 g/mol. The van der Waals surface area contributed by atoms with Crippen molar-refractivity contribution in [2.45, 2.75) is 19.4 Å². The minimum atomic E-state index is -0.608. The van der Waals surface area contributed by atoms with Crippen molar-refractivity contribution in [3.8, 4) is 0 Å². The van der Waals surface area contributed by atoms with E-state index in [0.717, 1.165) is 6.07 Å². The molecule has 0 spiro atoms. The quantitative estimate of drug-likeness (QED) is 0.907. The normalized spacial score (nSPS) is 12.7. The highest BCUT2D eigenvalue weighted by atomic mass is 19.1. The minimum absolute atomic E-state index is 0.0654. The van der Waals surface area contributed by atoms with Crippen LogP contribution in [-0.4, -0.2) is 17.2 Å². The molecule has 96 valence electrons. The number of aromatic nitrogens is 2. The Kier molecular flexibility index (Phi) is 3.66. The summed E-state index contributed by atoms with van der Waals surface area (Å²) in [5.41, 5.74) is 0.334. The summed E-state index contributed by atoms with van der Waals surface area (Å²) in [4.78, 5) is 4.14. The Hall–Kier alpha value is -1.82. The van der Waals surface area contributed by atoms with E-state index in [4.69, 9.17) is 4.52 Å². The summed E-state index contributed by atoms with van der Waals surface area (Å²) in [6, 6.07) is 3.36. The van der Waals surface area contributed by atoms with E-state index >= 15 is 0 Å². The molecule has 0 saturated heterocycles. The molecule has 1 aromatic carbocycles. The molecule has 0 fully saturated rings. The SMILES string of the molecule is CNC(C)c1nc(Cc2ccc(F)cc2F)no1. The van der Waals surface area contributed by atoms with Crippen LogP contribution in [0.1, 0.15) is 30.2 Å². The molecule has 1 atom stereocenters. The predicted octanol–water partition coefficient (Wildman–Crippen LogP) is 2.22. The molecular formula is C12H13F2N3O. The van der Waals surface area contributed by atoms with Crippen LogP contribution in [0.15, 0.2) is 22.7 Å². The standard InChI is InChI=1S/C12H13F2N3O/c1-7(15-2)12-16-11(17-18-12)5-8-3-4-9(13)6-10(8)14/h3-4,6-7,15H,5H2,1-2H3. The van der Waals surface area contributed by atoms with Gasteiger partial charge in [0, 0.05) is 12.5 Å². The lowest BCUT2D eigenvalue weighted by molar-refractivity contribution is 0.343.